The van der Waals surface area contributed by atoms with Crippen LogP contribution in [0.1, 0.15) is 33.3 Å². The van der Waals surface area contributed by atoms with Gasteiger partial charge in [0, 0.05) is 19.6 Å². The number of ether oxygens (including phenoxy) is 1. The van der Waals surface area contributed by atoms with Gasteiger partial charge >= 0.3 is 6.09 Å². The molecule has 0 unspecified atom stereocenters. The van der Waals surface area contributed by atoms with Gasteiger partial charge in [0.15, 0.2) is 5.96 Å². The first-order valence-electron chi connectivity index (χ1n) is 8.57. The second kappa shape index (κ2) is 8.09. The molecule has 0 aliphatic carbocycles. The monoisotopic (exact) mass is 348 g/mol. The predicted molar refractivity (Wildman–Crippen MR) is 97.7 cm³/mol. The molecule has 0 aromatic heterocycles. The summed E-state index contributed by atoms with van der Waals surface area (Å²) in [7, 11) is 0. The van der Waals surface area contributed by atoms with E-state index in [1.54, 1.807) is 17.0 Å². The van der Waals surface area contributed by atoms with Crippen LogP contribution in [0, 0.1) is 0 Å². The molecule has 0 bridgehead atoms. The molecular weight excluding hydrogens is 320 g/mol. The molecule has 0 radical (unpaired) electrons. The number of likely N-dealkylation sites (tertiary alicyclic amines) is 1. The molecule has 0 saturated carbocycles. The maximum atomic E-state index is 11.9. The summed E-state index contributed by atoms with van der Waals surface area (Å²) in [4.78, 5) is 18.2. The van der Waals surface area contributed by atoms with Crippen LogP contribution in [-0.4, -0.2) is 53.3 Å². The van der Waals surface area contributed by atoms with E-state index in [0.29, 0.717) is 25.6 Å². The topological polar surface area (TPSA) is 86.2 Å². The third kappa shape index (κ3) is 6.17. The summed E-state index contributed by atoms with van der Waals surface area (Å²) >= 11 is 0. The summed E-state index contributed by atoms with van der Waals surface area (Å²) in [6, 6.07) is 7.14. The summed E-state index contributed by atoms with van der Waals surface area (Å²) in [5.74, 6) is 0.957. The van der Waals surface area contributed by atoms with Crippen LogP contribution < -0.4 is 10.6 Å². The molecule has 1 aliphatic heterocycles. The zero-order valence-corrected chi connectivity index (χ0v) is 15.4. The zero-order chi connectivity index (χ0) is 18.4. The van der Waals surface area contributed by atoms with E-state index in [1.165, 1.54) is 0 Å². The minimum atomic E-state index is -0.476. The fraction of sp³-hybridized carbons (Fsp3) is 0.556. The van der Waals surface area contributed by atoms with Crippen molar-refractivity contribution in [3.8, 4) is 5.75 Å². The Kier molecular flexibility index (Phi) is 6.12. The lowest BCUT2D eigenvalue weighted by Crippen LogP contribution is -2.63. The van der Waals surface area contributed by atoms with Gasteiger partial charge in [-0.1, -0.05) is 12.1 Å². The SMILES string of the molecule is CCNC(=NCc1ccc(O)cc1)NC1CN(C(=O)OC(C)(C)C)C1. The Labute approximate surface area is 149 Å². The number of aliphatic imine (C=N–C) groups is 1. The van der Waals surface area contributed by atoms with E-state index < -0.39 is 5.60 Å². The van der Waals surface area contributed by atoms with E-state index >= 15 is 0 Å². The third-order valence-electron chi connectivity index (χ3n) is 3.57. The molecular formula is C18H28N4O3. The normalized spacial score (nSPS) is 15.5. The van der Waals surface area contributed by atoms with Crippen LogP contribution in [0.15, 0.2) is 29.3 Å². The van der Waals surface area contributed by atoms with E-state index in [-0.39, 0.29) is 17.9 Å². The van der Waals surface area contributed by atoms with E-state index in [1.807, 2.05) is 39.8 Å². The first kappa shape index (κ1) is 18.9. The number of carbonyl (C=O) groups is 1. The molecule has 1 saturated heterocycles. The molecule has 138 valence electrons. The molecule has 1 aromatic carbocycles. The van der Waals surface area contributed by atoms with Crippen molar-refractivity contribution in [3.63, 3.8) is 0 Å². The van der Waals surface area contributed by atoms with Crippen molar-refractivity contribution in [2.45, 2.75) is 45.9 Å². The number of hydrogen-bond donors (Lipinski definition) is 3. The second-order valence-electron chi connectivity index (χ2n) is 7.09. The molecule has 1 amide bonds. The van der Waals surface area contributed by atoms with Crippen molar-refractivity contribution in [2.75, 3.05) is 19.6 Å². The second-order valence-corrected chi connectivity index (χ2v) is 7.09. The molecule has 1 fully saturated rings. The molecule has 2 rings (SSSR count). The summed E-state index contributed by atoms with van der Waals surface area (Å²) in [5, 5.41) is 15.8. The number of carbonyl (C=O) groups excluding carboxylic acids is 1. The summed E-state index contributed by atoms with van der Waals surface area (Å²) in [6.45, 7) is 10.0. The van der Waals surface area contributed by atoms with Crippen LogP contribution in [0.3, 0.4) is 0 Å². The summed E-state index contributed by atoms with van der Waals surface area (Å²) < 4.78 is 5.35. The Morgan fingerprint density at radius 2 is 1.96 bits per heavy atom. The van der Waals surface area contributed by atoms with Crippen LogP contribution in [0.5, 0.6) is 5.75 Å². The van der Waals surface area contributed by atoms with Crippen molar-refractivity contribution in [2.24, 2.45) is 4.99 Å². The van der Waals surface area contributed by atoms with Gasteiger partial charge in [0.05, 0.1) is 12.6 Å². The number of aromatic hydroxyl groups is 1. The van der Waals surface area contributed by atoms with Gasteiger partial charge in [-0.2, -0.15) is 0 Å². The number of phenolic OH excluding ortho intramolecular Hbond substituents is 1. The molecule has 7 nitrogen and oxygen atoms in total. The largest absolute Gasteiger partial charge is 0.508 e. The third-order valence-corrected chi connectivity index (χ3v) is 3.57. The number of phenols is 1. The minimum Gasteiger partial charge on any atom is -0.508 e. The van der Waals surface area contributed by atoms with E-state index in [4.69, 9.17) is 4.74 Å². The average molecular weight is 348 g/mol. The molecule has 0 atom stereocenters. The number of nitrogens with one attached hydrogen (secondary N) is 2. The Balaban J connectivity index is 1.83. The molecule has 1 aromatic rings. The van der Waals surface area contributed by atoms with Crippen molar-refractivity contribution in [1.82, 2.24) is 15.5 Å². The number of benzene rings is 1. The smallest absolute Gasteiger partial charge is 0.410 e. The maximum absolute atomic E-state index is 11.9. The van der Waals surface area contributed by atoms with Crippen molar-refractivity contribution < 1.29 is 14.6 Å². The van der Waals surface area contributed by atoms with Gasteiger partial charge in [0.25, 0.3) is 0 Å². The molecule has 1 heterocycles. The highest BCUT2D eigenvalue weighted by Crippen LogP contribution is 2.15. The quantitative estimate of drug-likeness (QED) is 0.573. The summed E-state index contributed by atoms with van der Waals surface area (Å²) in [6.07, 6.45) is -0.281. The first-order chi connectivity index (χ1) is 11.8. The highest BCUT2D eigenvalue weighted by Gasteiger charge is 2.34. The zero-order valence-electron chi connectivity index (χ0n) is 15.4. The Hall–Kier alpha value is -2.44. The fourth-order valence-electron chi connectivity index (χ4n) is 2.33. The lowest BCUT2D eigenvalue weighted by atomic mass is 10.1. The molecule has 25 heavy (non-hydrogen) atoms. The Bertz CT molecular complexity index is 602. The first-order valence-corrected chi connectivity index (χ1v) is 8.57. The number of rotatable bonds is 4. The highest BCUT2D eigenvalue weighted by molar-refractivity contribution is 5.80. The van der Waals surface area contributed by atoms with Gasteiger partial charge in [-0.25, -0.2) is 9.79 Å². The van der Waals surface area contributed by atoms with Gasteiger partial charge in [0.1, 0.15) is 11.4 Å². The van der Waals surface area contributed by atoms with E-state index in [9.17, 15) is 9.90 Å². The molecule has 3 N–H and O–H groups in total. The van der Waals surface area contributed by atoms with Crippen molar-refractivity contribution >= 4 is 12.1 Å². The molecule has 7 heteroatoms. The van der Waals surface area contributed by atoms with E-state index in [2.05, 4.69) is 15.6 Å². The maximum Gasteiger partial charge on any atom is 0.410 e. The van der Waals surface area contributed by atoms with Crippen molar-refractivity contribution in [3.05, 3.63) is 29.8 Å². The molecule has 1 aliphatic rings. The van der Waals surface area contributed by atoms with Gasteiger partial charge in [-0.15, -0.1) is 0 Å². The highest BCUT2D eigenvalue weighted by atomic mass is 16.6. The van der Waals surface area contributed by atoms with Crippen LogP contribution in [0.4, 0.5) is 4.79 Å². The average Bonchev–Trinajstić information content (AvgIpc) is 2.47. The standard InChI is InChI=1S/C18H28N4O3/c1-5-19-16(20-10-13-6-8-15(23)9-7-13)21-14-11-22(12-14)17(24)25-18(2,3)4/h6-9,14,23H,5,10-12H2,1-4H3,(H2,19,20,21). The predicted octanol–water partition coefficient (Wildman–Crippen LogP) is 2.07. The lowest BCUT2D eigenvalue weighted by Gasteiger charge is -2.40. The number of guanidine groups is 1. The number of hydrogen-bond acceptors (Lipinski definition) is 4. The number of nitrogens with zero attached hydrogens (tertiary/aromatic N) is 2. The van der Waals surface area contributed by atoms with Gasteiger partial charge < -0.3 is 25.4 Å². The van der Waals surface area contributed by atoms with Crippen LogP contribution in [-0.2, 0) is 11.3 Å². The Morgan fingerprint density at radius 1 is 1.32 bits per heavy atom. The molecule has 0 spiro atoms. The minimum absolute atomic E-state index is 0.158. The number of amides is 1. The fourth-order valence-corrected chi connectivity index (χ4v) is 2.33. The van der Waals surface area contributed by atoms with Crippen LogP contribution in [0.2, 0.25) is 0 Å². The van der Waals surface area contributed by atoms with Crippen LogP contribution >= 0.6 is 0 Å². The Morgan fingerprint density at radius 3 is 2.52 bits per heavy atom. The van der Waals surface area contributed by atoms with E-state index in [0.717, 1.165) is 12.1 Å². The van der Waals surface area contributed by atoms with Gasteiger partial charge in [-0.05, 0) is 45.4 Å². The van der Waals surface area contributed by atoms with Gasteiger partial charge in [-0.3, -0.25) is 0 Å². The van der Waals surface area contributed by atoms with Crippen molar-refractivity contribution in [1.29, 1.82) is 0 Å². The summed E-state index contributed by atoms with van der Waals surface area (Å²) in [5.41, 5.74) is 0.537. The van der Waals surface area contributed by atoms with Gasteiger partial charge in [0.2, 0.25) is 0 Å². The van der Waals surface area contributed by atoms with Crippen LogP contribution in [0.25, 0.3) is 0 Å². The lowest BCUT2D eigenvalue weighted by molar-refractivity contribution is 0.00701.